The zero-order chi connectivity index (χ0) is 19.8. The first kappa shape index (κ1) is 18.0. The number of fused-ring (bicyclic) bond motifs is 2. The van der Waals surface area contributed by atoms with Crippen LogP contribution in [-0.2, 0) is 16.6 Å². The maximum absolute atomic E-state index is 13.0. The van der Waals surface area contributed by atoms with Gasteiger partial charge < -0.3 is 14.0 Å². The number of ketones is 1. The fourth-order valence-corrected chi connectivity index (χ4v) is 3.60. The first-order valence-corrected chi connectivity index (χ1v) is 9.16. The molecule has 0 spiro atoms. The summed E-state index contributed by atoms with van der Waals surface area (Å²) in [5.74, 6) is -0.0226. The maximum Gasteiger partial charge on any atom is 0.318 e. The Kier molecular flexibility index (Phi) is 4.51. The van der Waals surface area contributed by atoms with E-state index in [4.69, 9.17) is 9.47 Å². The van der Waals surface area contributed by atoms with Gasteiger partial charge in [-0.15, -0.1) is 0 Å². The second kappa shape index (κ2) is 7.00. The van der Waals surface area contributed by atoms with Gasteiger partial charge in [0.05, 0.1) is 0 Å². The molecule has 28 heavy (non-hydrogen) atoms. The van der Waals surface area contributed by atoms with Crippen LogP contribution < -0.4 is 4.74 Å². The van der Waals surface area contributed by atoms with Gasteiger partial charge in [-0.3, -0.25) is 9.59 Å². The van der Waals surface area contributed by atoms with Crippen molar-refractivity contribution in [3.63, 3.8) is 0 Å². The summed E-state index contributed by atoms with van der Waals surface area (Å²) >= 11 is 0. The van der Waals surface area contributed by atoms with Crippen LogP contribution in [0.4, 0.5) is 0 Å². The van der Waals surface area contributed by atoms with Gasteiger partial charge in [-0.1, -0.05) is 36.4 Å². The first-order valence-electron chi connectivity index (χ1n) is 9.16. The molecule has 0 fully saturated rings. The molecule has 0 unspecified atom stereocenters. The van der Waals surface area contributed by atoms with Crippen molar-refractivity contribution < 1.29 is 19.1 Å². The molecule has 5 heteroatoms. The molecular formula is C23H21NO4. The van der Waals surface area contributed by atoms with Gasteiger partial charge in [0.2, 0.25) is 5.78 Å². The van der Waals surface area contributed by atoms with Gasteiger partial charge in [-0.05, 0) is 32.0 Å². The van der Waals surface area contributed by atoms with E-state index >= 15 is 0 Å². The van der Waals surface area contributed by atoms with E-state index in [1.54, 1.807) is 0 Å². The Morgan fingerprint density at radius 2 is 1.57 bits per heavy atom. The molecule has 0 aliphatic carbocycles. The Labute approximate surface area is 163 Å². The van der Waals surface area contributed by atoms with E-state index < -0.39 is 11.9 Å². The zero-order valence-corrected chi connectivity index (χ0v) is 16.1. The van der Waals surface area contributed by atoms with Crippen LogP contribution in [0.15, 0.2) is 54.6 Å². The third-order valence-electron chi connectivity index (χ3n) is 5.34. The standard InChI is InChI=1S/C23H21NO4/c1-14-12-18(15(2)24(14)3)19(25)13-27-23(26)22-16-8-4-6-10-20(16)28-21-11-7-5-9-17(21)22/h4-12,22H,13H2,1-3H3. The Balaban J connectivity index is 1.58. The molecule has 0 saturated carbocycles. The van der Waals surface area contributed by atoms with Gasteiger partial charge in [0.1, 0.15) is 17.4 Å². The third kappa shape index (κ3) is 2.99. The minimum Gasteiger partial charge on any atom is -0.457 e. The number of aryl methyl sites for hydroxylation is 1. The molecule has 0 bridgehead atoms. The SMILES string of the molecule is Cc1cc(C(=O)COC(=O)C2c3ccccc3Oc3ccccc32)c(C)n1C. The van der Waals surface area contributed by atoms with Crippen molar-refractivity contribution >= 4 is 11.8 Å². The van der Waals surface area contributed by atoms with Crippen molar-refractivity contribution in [2.24, 2.45) is 7.05 Å². The van der Waals surface area contributed by atoms with Crippen LogP contribution in [0, 0.1) is 13.8 Å². The number of aromatic nitrogens is 1. The second-order valence-corrected chi connectivity index (χ2v) is 6.99. The van der Waals surface area contributed by atoms with Crippen molar-refractivity contribution in [1.29, 1.82) is 0 Å². The van der Waals surface area contributed by atoms with Crippen molar-refractivity contribution in [1.82, 2.24) is 4.57 Å². The Hall–Kier alpha value is -3.34. The van der Waals surface area contributed by atoms with Crippen LogP contribution in [0.25, 0.3) is 0 Å². The highest BCUT2D eigenvalue weighted by Gasteiger charge is 2.34. The molecule has 1 aliphatic heterocycles. The predicted octanol–water partition coefficient (Wildman–Crippen LogP) is 4.31. The van der Waals surface area contributed by atoms with E-state index in [0.29, 0.717) is 17.1 Å². The number of hydrogen-bond donors (Lipinski definition) is 0. The Morgan fingerprint density at radius 3 is 2.11 bits per heavy atom. The van der Waals surface area contributed by atoms with Crippen LogP contribution in [0.2, 0.25) is 0 Å². The topological polar surface area (TPSA) is 57.5 Å². The van der Waals surface area contributed by atoms with Crippen LogP contribution in [-0.4, -0.2) is 22.9 Å². The molecule has 0 N–H and O–H groups in total. The Bertz CT molecular complexity index is 1030. The number of benzene rings is 2. The molecule has 2 aromatic carbocycles. The lowest BCUT2D eigenvalue weighted by Crippen LogP contribution is -2.23. The number of rotatable bonds is 4. The summed E-state index contributed by atoms with van der Waals surface area (Å²) in [6.45, 7) is 3.53. The first-order chi connectivity index (χ1) is 13.5. The molecule has 2 heterocycles. The van der Waals surface area contributed by atoms with Gasteiger partial charge in [0.15, 0.2) is 6.61 Å². The van der Waals surface area contributed by atoms with Crippen molar-refractivity contribution in [3.05, 3.63) is 82.7 Å². The Morgan fingerprint density at radius 1 is 1.00 bits per heavy atom. The lowest BCUT2D eigenvalue weighted by atomic mass is 9.88. The fraction of sp³-hybridized carbons (Fsp3) is 0.217. The number of ether oxygens (including phenoxy) is 2. The second-order valence-electron chi connectivity index (χ2n) is 6.99. The van der Waals surface area contributed by atoms with Gasteiger partial charge >= 0.3 is 5.97 Å². The van der Waals surface area contributed by atoms with E-state index in [-0.39, 0.29) is 12.4 Å². The summed E-state index contributed by atoms with van der Waals surface area (Å²) in [6.07, 6.45) is 0. The summed E-state index contributed by atoms with van der Waals surface area (Å²) < 4.78 is 13.3. The van der Waals surface area contributed by atoms with Gasteiger partial charge in [0, 0.05) is 35.1 Å². The number of carbonyl (C=O) groups excluding carboxylic acids is 2. The molecular weight excluding hydrogens is 354 g/mol. The molecule has 0 amide bonds. The van der Waals surface area contributed by atoms with E-state index in [2.05, 4.69) is 0 Å². The average molecular weight is 375 g/mol. The van der Waals surface area contributed by atoms with Crippen molar-refractivity contribution in [2.45, 2.75) is 19.8 Å². The van der Waals surface area contributed by atoms with Gasteiger partial charge in [-0.25, -0.2) is 0 Å². The lowest BCUT2D eigenvalue weighted by Gasteiger charge is -2.26. The summed E-state index contributed by atoms with van der Waals surface area (Å²) in [5.41, 5.74) is 3.91. The molecule has 4 rings (SSSR count). The minimum atomic E-state index is -0.618. The lowest BCUT2D eigenvalue weighted by molar-refractivity contribution is -0.143. The number of para-hydroxylation sites is 2. The number of Topliss-reactive ketones (excluding diaryl/α,β-unsaturated/α-hetero) is 1. The van der Waals surface area contributed by atoms with Crippen LogP contribution >= 0.6 is 0 Å². The van der Waals surface area contributed by atoms with Crippen molar-refractivity contribution in [2.75, 3.05) is 6.61 Å². The zero-order valence-electron chi connectivity index (χ0n) is 16.1. The van der Waals surface area contributed by atoms with Crippen molar-refractivity contribution in [3.8, 4) is 11.5 Å². The van der Waals surface area contributed by atoms with Crippen LogP contribution in [0.5, 0.6) is 11.5 Å². The monoisotopic (exact) mass is 375 g/mol. The predicted molar refractivity (Wildman–Crippen MR) is 105 cm³/mol. The molecule has 3 aromatic rings. The molecule has 0 saturated heterocycles. The van der Waals surface area contributed by atoms with Crippen LogP contribution in [0.1, 0.15) is 38.8 Å². The molecule has 0 radical (unpaired) electrons. The fourth-order valence-electron chi connectivity index (χ4n) is 3.60. The highest BCUT2D eigenvalue weighted by molar-refractivity contribution is 5.99. The molecule has 0 atom stereocenters. The summed E-state index contributed by atoms with van der Waals surface area (Å²) in [4.78, 5) is 25.6. The quantitative estimate of drug-likeness (QED) is 0.504. The van der Waals surface area contributed by atoms with Gasteiger partial charge in [0.25, 0.3) is 0 Å². The summed E-state index contributed by atoms with van der Waals surface area (Å²) in [5, 5.41) is 0. The highest BCUT2D eigenvalue weighted by atomic mass is 16.5. The largest absolute Gasteiger partial charge is 0.457 e. The molecule has 142 valence electrons. The number of carbonyl (C=O) groups is 2. The maximum atomic E-state index is 13.0. The average Bonchev–Trinajstić information content (AvgIpc) is 2.97. The van der Waals surface area contributed by atoms with E-state index in [0.717, 1.165) is 22.5 Å². The normalized spacial score (nSPS) is 12.7. The van der Waals surface area contributed by atoms with E-state index in [9.17, 15) is 9.59 Å². The molecule has 1 aromatic heterocycles. The number of esters is 1. The molecule has 1 aliphatic rings. The number of nitrogens with zero attached hydrogens (tertiary/aromatic N) is 1. The van der Waals surface area contributed by atoms with Crippen LogP contribution in [0.3, 0.4) is 0 Å². The van der Waals surface area contributed by atoms with Gasteiger partial charge in [-0.2, -0.15) is 0 Å². The minimum absolute atomic E-state index is 0.205. The van der Waals surface area contributed by atoms with E-state index in [1.165, 1.54) is 0 Å². The van der Waals surface area contributed by atoms with E-state index in [1.807, 2.05) is 80.1 Å². The summed E-state index contributed by atoms with van der Waals surface area (Å²) in [7, 11) is 1.91. The smallest absolute Gasteiger partial charge is 0.318 e. The highest BCUT2D eigenvalue weighted by Crippen LogP contribution is 2.44. The molecule has 5 nitrogen and oxygen atoms in total. The summed E-state index contributed by atoms with van der Waals surface area (Å²) in [6, 6.07) is 16.6. The third-order valence-corrected chi connectivity index (χ3v) is 5.34. The number of hydrogen-bond acceptors (Lipinski definition) is 4.